The van der Waals surface area contributed by atoms with Gasteiger partial charge in [0.05, 0.1) is 12.0 Å². The van der Waals surface area contributed by atoms with Gasteiger partial charge in [0.25, 0.3) is 11.6 Å². The summed E-state index contributed by atoms with van der Waals surface area (Å²) in [5.41, 5.74) is 2.46. The van der Waals surface area contributed by atoms with Gasteiger partial charge in [0.1, 0.15) is 6.04 Å². The van der Waals surface area contributed by atoms with E-state index in [4.69, 9.17) is 4.74 Å². The maximum atomic E-state index is 13.0. The van der Waals surface area contributed by atoms with Crippen LogP contribution in [0.1, 0.15) is 27.0 Å². The number of nitro groups is 1. The molecule has 0 radical (unpaired) electrons. The molecule has 2 aromatic rings. The number of hydrogen-bond acceptors (Lipinski definition) is 5. The third kappa shape index (κ3) is 3.15. The second kappa shape index (κ2) is 6.95. The van der Waals surface area contributed by atoms with E-state index in [1.165, 1.54) is 24.1 Å². The first-order valence-corrected chi connectivity index (χ1v) is 8.13. The van der Waals surface area contributed by atoms with Gasteiger partial charge in [0.15, 0.2) is 0 Å². The summed E-state index contributed by atoms with van der Waals surface area (Å²) >= 11 is 0. The van der Waals surface area contributed by atoms with E-state index in [1.54, 1.807) is 13.0 Å². The molecule has 1 aliphatic heterocycles. The predicted octanol–water partition coefficient (Wildman–Crippen LogP) is 2.64. The minimum atomic E-state index is -0.761. The lowest BCUT2D eigenvalue weighted by Gasteiger charge is -2.35. The fourth-order valence-electron chi connectivity index (χ4n) is 3.19. The van der Waals surface area contributed by atoms with Gasteiger partial charge < -0.3 is 9.64 Å². The topological polar surface area (TPSA) is 89.8 Å². The standard InChI is InChI=1S/C19H18N2O5/c1-12-7-8-14(10-16(12)21(24)25)18(22)20-11-15-6-4-3-5-13(15)9-17(20)19(23)26-2/h3-8,10,17H,9,11H2,1-2H3. The van der Waals surface area contributed by atoms with Crippen LogP contribution in [0.15, 0.2) is 42.5 Å². The Morgan fingerprint density at radius 2 is 1.88 bits per heavy atom. The highest BCUT2D eigenvalue weighted by atomic mass is 16.6. The van der Waals surface area contributed by atoms with Crippen molar-refractivity contribution < 1.29 is 19.2 Å². The molecule has 7 heteroatoms. The van der Waals surface area contributed by atoms with Crippen LogP contribution >= 0.6 is 0 Å². The molecular formula is C19H18N2O5. The van der Waals surface area contributed by atoms with E-state index in [1.807, 2.05) is 24.3 Å². The van der Waals surface area contributed by atoms with Gasteiger partial charge in [-0.3, -0.25) is 14.9 Å². The van der Waals surface area contributed by atoms with Crippen molar-refractivity contribution in [3.05, 3.63) is 74.8 Å². The summed E-state index contributed by atoms with van der Waals surface area (Å²) in [5, 5.41) is 11.2. The Labute approximate surface area is 150 Å². The minimum Gasteiger partial charge on any atom is -0.467 e. The van der Waals surface area contributed by atoms with E-state index in [2.05, 4.69) is 0 Å². The monoisotopic (exact) mass is 354 g/mol. The Hall–Kier alpha value is -3.22. The van der Waals surface area contributed by atoms with Crippen molar-refractivity contribution in [1.29, 1.82) is 0 Å². The molecule has 1 amide bonds. The molecule has 0 saturated heterocycles. The zero-order valence-corrected chi connectivity index (χ0v) is 14.5. The highest BCUT2D eigenvalue weighted by Crippen LogP contribution is 2.27. The van der Waals surface area contributed by atoms with E-state index in [9.17, 15) is 19.7 Å². The average Bonchev–Trinajstić information content (AvgIpc) is 2.65. The van der Waals surface area contributed by atoms with Crippen molar-refractivity contribution in [2.24, 2.45) is 0 Å². The molecule has 3 rings (SSSR count). The van der Waals surface area contributed by atoms with E-state index >= 15 is 0 Å². The van der Waals surface area contributed by atoms with Crippen LogP contribution in [0.3, 0.4) is 0 Å². The van der Waals surface area contributed by atoms with Crippen LogP contribution in [0, 0.1) is 17.0 Å². The Morgan fingerprint density at radius 3 is 2.54 bits per heavy atom. The van der Waals surface area contributed by atoms with Gasteiger partial charge in [-0.1, -0.05) is 30.3 Å². The van der Waals surface area contributed by atoms with Gasteiger partial charge in [-0.15, -0.1) is 0 Å². The number of amides is 1. The van der Waals surface area contributed by atoms with Crippen LogP contribution in [0.25, 0.3) is 0 Å². The van der Waals surface area contributed by atoms with Crippen molar-refractivity contribution in [3.8, 4) is 0 Å². The molecule has 0 aliphatic carbocycles. The largest absolute Gasteiger partial charge is 0.467 e. The highest BCUT2D eigenvalue weighted by Gasteiger charge is 2.36. The average molecular weight is 354 g/mol. The molecule has 1 atom stereocenters. The van der Waals surface area contributed by atoms with Gasteiger partial charge in [-0.05, 0) is 24.1 Å². The summed E-state index contributed by atoms with van der Waals surface area (Å²) in [5.74, 6) is -0.938. The Morgan fingerprint density at radius 1 is 1.19 bits per heavy atom. The molecule has 0 N–H and O–H groups in total. The number of rotatable bonds is 3. The lowest BCUT2D eigenvalue weighted by molar-refractivity contribution is -0.385. The summed E-state index contributed by atoms with van der Waals surface area (Å²) in [7, 11) is 1.28. The van der Waals surface area contributed by atoms with Crippen molar-refractivity contribution in [1.82, 2.24) is 4.90 Å². The quantitative estimate of drug-likeness (QED) is 0.480. The van der Waals surface area contributed by atoms with Crippen LogP contribution in [-0.4, -0.2) is 34.9 Å². The van der Waals surface area contributed by atoms with E-state index in [0.717, 1.165) is 11.1 Å². The maximum Gasteiger partial charge on any atom is 0.328 e. The van der Waals surface area contributed by atoms with Gasteiger partial charge in [-0.25, -0.2) is 4.79 Å². The fraction of sp³-hybridized carbons (Fsp3) is 0.263. The van der Waals surface area contributed by atoms with Gasteiger partial charge in [0, 0.05) is 30.2 Å². The van der Waals surface area contributed by atoms with Crippen molar-refractivity contribution in [2.45, 2.75) is 25.9 Å². The summed E-state index contributed by atoms with van der Waals surface area (Å²) in [6.45, 7) is 1.86. The number of ether oxygens (including phenoxy) is 1. The maximum absolute atomic E-state index is 13.0. The molecule has 0 saturated carbocycles. The van der Waals surface area contributed by atoms with Crippen molar-refractivity contribution in [3.63, 3.8) is 0 Å². The normalized spacial score (nSPS) is 15.9. The lowest BCUT2D eigenvalue weighted by Crippen LogP contribution is -2.49. The molecule has 1 heterocycles. The van der Waals surface area contributed by atoms with E-state index in [0.29, 0.717) is 12.0 Å². The number of aryl methyl sites for hydroxylation is 1. The molecular weight excluding hydrogens is 336 g/mol. The molecule has 0 bridgehead atoms. The van der Waals surface area contributed by atoms with Crippen LogP contribution < -0.4 is 0 Å². The number of fused-ring (bicyclic) bond motifs is 1. The molecule has 0 spiro atoms. The first kappa shape index (κ1) is 17.6. The summed E-state index contributed by atoms with van der Waals surface area (Å²) in [6.07, 6.45) is 0.350. The van der Waals surface area contributed by atoms with Crippen LogP contribution in [0.4, 0.5) is 5.69 Å². The Balaban J connectivity index is 2.00. The smallest absolute Gasteiger partial charge is 0.328 e. The predicted molar refractivity (Wildman–Crippen MR) is 93.7 cm³/mol. The van der Waals surface area contributed by atoms with Gasteiger partial charge in [-0.2, -0.15) is 0 Å². The highest BCUT2D eigenvalue weighted by molar-refractivity contribution is 5.97. The molecule has 26 heavy (non-hydrogen) atoms. The Bertz CT molecular complexity index is 893. The molecule has 2 aromatic carbocycles. The fourth-order valence-corrected chi connectivity index (χ4v) is 3.19. The zero-order valence-electron chi connectivity index (χ0n) is 14.5. The summed E-state index contributed by atoms with van der Waals surface area (Å²) in [4.78, 5) is 37.3. The van der Waals surface area contributed by atoms with Gasteiger partial charge in [0.2, 0.25) is 0 Å². The number of nitro benzene ring substituents is 1. The second-order valence-electron chi connectivity index (χ2n) is 6.20. The van der Waals surface area contributed by atoms with E-state index < -0.39 is 22.8 Å². The van der Waals surface area contributed by atoms with Crippen molar-refractivity contribution >= 4 is 17.6 Å². The number of benzene rings is 2. The van der Waals surface area contributed by atoms with Crippen LogP contribution in [0.2, 0.25) is 0 Å². The van der Waals surface area contributed by atoms with Crippen LogP contribution in [-0.2, 0) is 22.5 Å². The first-order chi connectivity index (χ1) is 12.4. The minimum absolute atomic E-state index is 0.122. The first-order valence-electron chi connectivity index (χ1n) is 8.13. The van der Waals surface area contributed by atoms with Gasteiger partial charge >= 0.3 is 5.97 Å². The Kier molecular flexibility index (Phi) is 4.71. The zero-order chi connectivity index (χ0) is 18.8. The summed E-state index contributed by atoms with van der Waals surface area (Å²) < 4.78 is 4.86. The SMILES string of the molecule is COC(=O)C1Cc2ccccc2CN1C(=O)c1ccc(C)c([N+](=O)[O-])c1. The number of carbonyl (C=O) groups is 2. The molecule has 1 aliphatic rings. The number of nitrogens with zero attached hydrogens (tertiary/aromatic N) is 2. The lowest BCUT2D eigenvalue weighted by atomic mass is 9.93. The molecule has 1 unspecified atom stereocenters. The molecule has 0 fully saturated rings. The number of esters is 1. The molecule has 7 nitrogen and oxygen atoms in total. The third-order valence-electron chi connectivity index (χ3n) is 4.64. The van der Waals surface area contributed by atoms with Crippen molar-refractivity contribution in [2.75, 3.05) is 7.11 Å². The van der Waals surface area contributed by atoms with E-state index in [-0.39, 0.29) is 17.8 Å². The number of hydrogen-bond donors (Lipinski definition) is 0. The number of methoxy groups -OCH3 is 1. The summed E-state index contributed by atoms with van der Waals surface area (Å²) in [6, 6.07) is 11.2. The third-order valence-corrected chi connectivity index (χ3v) is 4.64. The molecule has 0 aromatic heterocycles. The molecule has 134 valence electrons. The number of carbonyl (C=O) groups excluding carboxylic acids is 2. The second-order valence-corrected chi connectivity index (χ2v) is 6.20. The van der Waals surface area contributed by atoms with Crippen LogP contribution in [0.5, 0.6) is 0 Å².